The lowest BCUT2D eigenvalue weighted by Gasteiger charge is -2.28. The molecule has 0 spiro atoms. The number of nitriles is 1. The molecule has 0 aliphatic carbocycles. The van der Waals surface area contributed by atoms with Crippen LogP contribution in [0.3, 0.4) is 0 Å². The number of hydrogen-bond acceptors (Lipinski definition) is 5. The van der Waals surface area contributed by atoms with E-state index in [0.29, 0.717) is 22.9 Å². The summed E-state index contributed by atoms with van der Waals surface area (Å²) in [6, 6.07) is 7.27. The summed E-state index contributed by atoms with van der Waals surface area (Å²) in [5.41, 5.74) is 0.549. The van der Waals surface area contributed by atoms with Crippen LogP contribution in [0.1, 0.15) is 5.56 Å². The molecule has 20 heavy (non-hydrogen) atoms. The van der Waals surface area contributed by atoms with Gasteiger partial charge in [-0.05, 0) is 18.2 Å². The molecule has 6 heteroatoms. The summed E-state index contributed by atoms with van der Waals surface area (Å²) in [5.74, 6) is 0.586. The third-order valence-corrected chi connectivity index (χ3v) is 4.71. The van der Waals surface area contributed by atoms with E-state index in [9.17, 15) is 5.11 Å². The second-order valence-corrected chi connectivity index (χ2v) is 6.10. The minimum Gasteiger partial charge on any atom is -0.391 e. The van der Waals surface area contributed by atoms with E-state index in [1.165, 1.54) is 11.8 Å². The smallest absolute Gasteiger partial charge is 0.0992 e. The van der Waals surface area contributed by atoms with E-state index in [4.69, 9.17) is 21.6 Å². The third-order valence-electron chi connectivity index (χ3n) is 3.06. The zero-order chi connectivity index (χ0) is 14.4. The average Bonchev–Trinajstić information content (AvgIpc) is 2.47. The van der Waals surface area contributed by atoms with Gasteiger partial charge in [0.05, 0.1) is 36.0 Å². The van der Waals surface area contributed by atoms with Gasteiger partial charge in [-0.25, -0.2) is 0 Å². The molecule has 1 aliphatic heterocycles. The van der Waals surface area contributed by atoms with E-state index in [0.717, 1.165) is 31.2 Å². The van der Waals surface area contributed by atoms with Crippen molar-refractivity contribution in [1.29, 1.82) is 5.26 Å². The Labute approximate surface area is 128 Å². The highest BCUT2D eigenvalue weighted by Crippen LogP contribution is 2.28. The lowest BCUT2D eigenvalue weighted by molar-refractivity contribution is 0.0188. The Bertz CT molecular complexity index is 487. The Hall–Kier alpha value is -0.770. The lowest BCUT2D eigenvalue weighted by Crippen LogP contribution is -2.41. The number of nitrogens with zero attached hydrogens (tertiary/aromatic N) is 2. The van der Waals surface area contributed by atoms with Crippen LogP contribution in [0.15, 0.2) is 23.1 Å². The monoisotopic (exact) mass is 312 g/mol. The van der Waals surface area contributed by atoms with Gasteiger partial charge in [-0.3, -0.25) is 4.90 Å². The number of halogens is 1. The van der Waals surface area contributed by atoms with Crippen LogP contribution >= 0.6 is 23.4 Å². The maximum absolute atomic E-state index is 10.1. The van der Waals surface area contributed by atoms with Crippen LogP contribution in [0, 0.1) is 11.3 Å². The molecular weight excluding hydrogens is 296 g/mol. The highest BCUT2D eigenvalue weighted by molar-refractivity contribution is 7.99. The number of morpholine rings is 1. The van der Waals surface area contributed by atoms with Gasteiger partial charge in [0.2, 0.25) is 0 Å². The van der Waals surface area contributed by atoms with E-state index in [-0.39, 0.29) is 0 Å². The van der Waals surface area contributed by atoms with Crippen molar-refractivity contribution in [2.45, 2.75) is 11.0 Å². The number of aliphatic hydroxyl groups excluding tert-OH is 1. The molecule has 1 fully saturated rings. The minimum atomic E-state index is -0.398. The molecule has 1 N–H and O–H groups in total. The fourth-order valence-electron chi connectivity index (χ4n) is 2.01. The number of thioether (sulfide) groups is 1. The van der Waals surface area contributed by atoms with Gasteiger partial charge >= 0.3 is 0 Å². The van der Waals surface area contributed by atoms with E-state index < -0.39 is 6.10 Å². The SMILES string of the molecule is N#Cc1ccc(SCC(O)CN2CCOCC2)c(Cl)c1. The predicted octanol–water partition coefficient (Wildman–Crippen LogP) is 2.00. The maximum Gasteiger partial charge on any atom is 0.0992 e. The van der Waals surface area contributed by atoms with Crippen molar-refractivity contribution in [3.8, 4) is 6.07 Å². The molecule has 1 saturated heterocycles. The number of benzene rings is 1. The Kier molecular flexibility index (Phi) is 6.14. The van der Waals surface area contributed by atoms with Crippen LogP contribution in [-0.4, -0.2) is 54.7 Å². The Morgan fingerprint density at radius 1 is 1.45 bits per heavy atom. The van der Waals surface area contributed by atoms with E-state index in [2.05, 4.69) is 11.0 Å². The summed E-state index contributed by atoms with van der Waals surface area (Å²) in [5, 5.41) is 19.4. The summed E-state index contributed by atoms with van der Waals surface area (Å²) in [4.78, 5) is 3.10. The number of rotatable bonds is 5. The van der Waals surface area contributed by atoms with Crippen LogP contribution in [0.2, 0.25) is 5.02 Å². The molecule has 0 bridgehead atoms. The molecule has 1 heterocycles. The number of hydrogen-bond donors (Lipinski definition) is 1. The first-order valence-corrected chi connectivity index (χ1v) is 7.86. The molecular formula is C14H17ClN2O2S. The van der Waals surface area contributed by atoms with Crippen molar-refractivity contribution < 1.29 is 9.84 Å². The molecule has 2 rings (SSSR count). The molecule has 0 aromatic heterocycles. The quantitative estimate of drug-likeness (QED) is 0.843. The number of β-amino-alcohol motifs (C(OH)–C–C–N with tert-alkyl or cyclic N) is 1. The number of ether oxygens (including phenoxy) is 1. The molecule has 0 radical (unpaired) electrons. The van der Waals surface area contributed by atoms with Gasteiger partial charge in [0.1, 0.15) is 0 Å². The molecule has 4 nitrogen and oxygen atoms in total. The van der Waals surface area contributed by atoms with Gasteiger partial charge in [-0.2, -0.15) is 5.26 Å². The van der Waals surface area contributed by atoms with Crippen molar-refractivity contribution in [2.75, 3.05) is 38.6 Å². The van der Waals surface area contributed by atoms with Crippen LogP contribution in [0.4, 0.5) is 0 Å². The van der Waals surface area contributed by atoms with Gasteiger partial charge in [-0.15, -0.1) is 11.8 Å². The minimum absolute atomic E-state index is 0.398. The summed E-state index contributed by atoms with van der Waals surface area (Å²) in [6.07, 6.45) is -0.398. The first-order chi connectivity index (χ1) is 9.69. The third kappa shape index (κ3) is 4.65. The highest BCUT2D eigenvalue weighted by Gasteiger charge is 2.15. The van der Waals surface area contributed by atoms with Gasteiger partial charge in [-0.1, -0.05) is 11.6 Å². The van der Waals surface area contributed by atoms with Gasteiger partial charge < -0.3 is 9.84 Å². The van der Waals surface area contributed by atoms with Crippen LogP contribution in [-0.2, 0) is 4.74 Å². The van der Waals surface area contributed by atoms with Crippen molar-refractivity contribution in [2.24, 2.45) is 0 Å². The predicted molar refractivity (Wildman–Crippen MR) is 80.2 cm³/mol. The van der Waals surface area contributed by atoms with E-state index in [1.807, 2.05) is 6.07 Å². The molecule has 1 aromatic carbocycles. The van der Waals surface area contributed by atoms with E-state index in [1.54, 1.807) is 12.1 Å². The Balaban J connectivity index is 1.80. The zero-order valence-electron chi connectivity index (χ0n) is 11.1. The fourth-order valence-corrected chi connectivity index (χ4v) is 3.19. The molecule has 0 saturated carbocycles. The molecule has 108 valence electrons. The van der Waals surface area contributed by atoms with Crippen LogP contribution < -0.4 is 0 Å². The second kappa shape index (κ2) is 7.87. The second-order valence-electron chi connectivity index (χ2n) is 4.63. The van der Waals surface area contributed by atoms with Crippen molar-refractivity contribution in [1.82, 2.24) is 4.90 Å². The van der Waals surface area contributed by atoms with Crippen LogP contribution in [0.25, 0.3) is 0 Å². The van der Waals surface area contributed by atoms with Crippen molar-refractivity contribution >= 4 is 23.4 Å². The van der Waals surface area contributed by atoms with Gasteiger partial charge in [0.15, 0.2) is 0 Å². The first kappa shape index (κ1) is 15.6. The van der Waals surface area contributed by atoms with Gasteiger partial charge in [0.25, 0.3) is 0 Å². The largest absolute Gasteiger partial charge is 0.391 e. The first-order valence-electron chi connectivity index (χ1n) is 6.49. The Morgan fingerprint density at radius 2 is 2.20 bits per heavy atom. The summed E-state index contributed by atoms with van der Waals surface area (Å²) >= 11 is 7.62. The lowest BCUT2D eigenvalue weighted by atomic mass is 10.2. The topological polar surface area (TPSA) is 56.5 Å². The molecule has 0 amide bonds. The average molecular weight is 313 g/mol. The number of aliphatic hydroxyl groups is 1. The maximum atomic E-state index is 10.1. The molecule has 1 unspecified atom stereocenters. The van der Waals surface area contributed by atoms with Crippen molar-refractivity contribution in [3.63, 3.8) is 0 Å². The normalized spacial score (nSPS) is 17.6. The zero-order valence-corrected chi connectivity index (χ0v) is 12.7. The standard InChI is InChI=1S/C14H17ClN2O2S/c15-13-7-11(8-16)1-2-14(13)20-10-12(18)9-17-3-5-19-6-4-17/h1-2,7,12,18H,3-6,9-10H2. The molecule has 1 atom stereocenters. The Morgan fingerprint density at radius 3 is 2.85 bits per heavy atom. The van der Waals surface area contributed by atoms with Gasteiger partial charge in [0, 0.05) is 30.3 Å². The molecule has 1 aromatic rings. The van der Waals surface area contributed by atoms with Crippen molar-refractivity contribution in [3.05, 3.63) is 28.8 Å². The van der Waals surface area contributed by atoms with E-state index >= 15 is 0 Å². The highest BCUT2D eigenvalue weighted by atomic mass is 35.5. The summed E-state index contributed by atoms with van der Waals surface area (Å²) < 4.78 is 5.28. The fraction of sp³-hybridized carbons (Fsp3) is 0.500. The van der Waals surface area contributed by atoms with Crippen LogP contribution in [0.5, 0.6) is 0 Å². The summed E-state index contributed by atoms with van der Waals surface area (Å²) in [7, 11) is 0. The molecule has 1 aliphatic rings. The summed E-state index contributed by atoms with van der Waals surface area (Å²) in [6.45, 7) is 3.88.